The Bertz CT molecular complexity index is 425. The zero-order valence-corrected chi connectivity index (χ0v) is 10.3. The molecule has 0 saturated heterocycles. The fourth-order valence-electron chi connectivity index (χ4n) is 1.10. The number of hydrogen-bond donors (Lipinski definition) is 2. The van der Waals surface area contributed by atoms with E-state index in [1.807, 2.05) is 13.0 Å². The van der Waals surface area contributed by atoms with Crippen LogP contribution in [0, 0.1) is 6.92 Å². The summed E-state index contributed by atoms with van der Waals surface area (Å²) in [7, 11) is 0. The van der Waals surface area contributed by atoms with Crippen molar-refractivity contribution in [1.82, 2.24) is 15.5 Å². The SMILES string of the molecule is CC(=O)NC(CSc1cc(C)cnn1)C(=O)O. The molecule has 0 saturated carbocycles. The lowest BCUT2D eigenvalue weighted by molar-refractivity contribution is -0.140. The Labute approximate surface area is 103 Å². The van der Waals surface area contributed by atoms with Crippen molar-refractivity contribution in [3.05, 3.63) is 17.8 Å². The van der Waals surface area contributed by atoms with Crippen molar-refractivity contribution in [3.63, 3.8) is 0 Å². The first-order valence-corrected chi connectivity index (χ1v) is 5.89. The van der Waals surface area contributed by atoms with Gasteiger partial charge in [-0.2, -0.15) is 5.10 Å². The van der Waals surface area contributed by atoms with Crippen molar-refractivity contribution in [2.45, 2.75) is 24.9 Å². The zero-order chi connectivity index (χ0) is 12.8. The second kappa shape index (κ2) is 6.19. The molecule has 2 N–H and O–H groups in total. The third-order valence-electron chi connectivity index (χ3n) is 1.84. The van der Waals surface area contributed by atoms with E-state index in [-0.39, 0.29) is 11.7 Å². The van der Waals surface area contributed by atoms with Crippen LogP contribution in [-0.2, 0) is 9.59 Å². The van der Waals surface area contributed by atoms with Gasteiger partial charge in [0.1, 0.15) is 11.1 Å². The number of aryl methyl sites for hydroxylation is 1. The number of rotatable bonds is 5. The summed E-state index contributed by atoms with van der Waals surface area (Å²) in [6.45, 7) is 3.16. The Morgan fingerprint density at radius 2 is 2.29 bits per heavy atom. The molecule has 1 aromatic rings. The molecule has 1 heterocycles. The number of amides is 1. The number of aromatic nitrogens is 2. The first-order valence-electron chi connectivity index (χ1n) is 4.91. The molecular formula is C10H13N3O3S. The van der Waals surface area contributed by atoms with E-state index in [0.717, 1.165) is 5.56 Å². The number of carbonyl (C=O) groups excluding carboxylic acids is 1. The lowest BCUT2D eigenvalue weighted by atomic mass is 10.3. The molecule has 7 heteroatoms. The summed E-state index contributed by atoms with van der Waals surface area (Å²) in [6, 6.07) is 0.893. The molecule has 0 fully saturated rings. The second-order valence-corrected chi connectivity index (χ2v) is 4.51. The molecule has 92 valence electrons. The molecule has 0 bridgehead atoms. The minimum absolute atomic E-state index is 0.215. The molecule has 0 aliphatic rings. The van der Waals surface area contributed by atoms with Gasteiger partial charge in [-0.3, -0.25) is 4.79 Å². The lowest BCUT2D eigenvalue weighted by Crippen LogP contribution is -2.41. The number of aliphatic carboxylic acids is 1. The van der Waals surface area contributed by atoms with Gasteiger partial charge in [0, 0.05) is 12.7 Å². The standard InChI is InChI=1S/C10H13N3O3S/c1-6-3-9(13-11-4-6)17-5-8(10(15)16)12-7(2)14/h3-4,8H,5H2,1-2H3,(H,12,14)(H,15,16). The summed E-state index contributed by atoms with van der Waals surface area (Å²) in [5, 5.41) is 19.5. The van der Waals surface area contributed by atoms with Crippen molar-refractivity contribution < 1.29 is 14.7 Å². The maximum absolute atomic E-state index is 10.9. The highest BCUT2D eigenvalue weighted by Gasteiger charge is 2.18. The van der Waals surface area contributed by atoms with Crippen LogP contribution >= 0.6 is 11.8 Å². The minimum atomic E-state index is -1.06. The molecule has 0 aromatic carbocycles. The van der Waals surface area contributed by atoms with Gasteiger partial charge in [-0.05, 0) is 18.6 Å². The van der Waals surface area contributed by atoms with Gasteiger partial charge in [0.05, 0.1) is 6.20 Å². The summed E-state index contributed by atoms with van der Waals surface area (Å²) < 4.78 is 0. The molecule has 1 aromatic heterocycles. The Kier molecular flexibility index (Phi) is 4.89. The number of carboxylic acid groups (broad SMARTS) is 1. The quantitative estimate of drug-likeness (QED) is 0.743. The molecule has 0 radical (unpaired) electrons. The van der Waals surface area contributed by atoms with Crippen LogP contribution in [0.2, 0.25) is 0 Å². The van der Waals surface area contributed by atoms with Gasteiger partial charge < -0.3 is 10.4 Å². The van der Waals surface area contributed by atoms with Crippen molar-refractivity contribution in [2.75, 3.05) is 5.75 Å². The number of carboxylic acids is 1. The largest absolute Gasteiger partial charge is 0.480 e. The smallest absolute Gasteiger partial charge is 0.327 e. The van der Waals surface area contributed by atoms with Gasteiger partial charge in [0.15, 0.2) is 0 Å². The van der Waals surface area contributed by atoms with Crippen LogP contribution in [0.1, 0.15) is 12.5 Å². The predicted molar refractivity (Wildman–Crippen MR) is 62.7 cm³/mol. The average molecular weight is 255 g/mol. The lowest BCUT2D eigenvalue weighted by Gasteiger charge is -2.12. The molecule has 1 atom stereocenters. The highest BCUT2D eigenvalue weighted by Crippen LogP contribution is 2.16. The second-order valence-electron chi connectivity index (χ2n) is 3.47. The van der Waals surface area contributed by atoms with Gasteiger partial charge in [-0.25, -0.2) is 4.79 Å². The maximum atomic E-state index is 10.9. The van der Waals surface area contributed by atoms with Crippen LogP contribution in [0.25, 0.3) is 0 Å². The summed E-state index contributed by atoms with van der Waals surface area (Å²) in [6.07, 6.45) is 1.62. The summed E-state index contributed by atoms with van der Waals surface area (Å²) in [5.41, 5.74) is 0.953. The summed E-state index contributed by atoms with van der Waals surface area (Å²) in [4.78, 5) is 21.7. The Balaban J connectivity index is 2.57. The number of thioether (sulfide) groups is 1. The topological polar surface area (TPSA) is 92.2 Å². The van der Waals surface area contributed by atoms with Crippen LogP contribution in [0.3, 0.4) is 0 Å². The van der Waals surface area contributed by atoms with Gasteiger partial charge in [0.25, 0.3) is 0 Å². The van der Waals surface area contributed by atoms with Crippen LogP contribution in [0.4, 0.5) is 0 Å². The highest BCUT2D eigenvalue weighted by molar-refractivity contribution is 7.99. The third kappa shape index (κ3) is 4.81. The van der Waals surface area contributed by atoms with Gasteiger partial charge in [-0.15, -0.1) is 16.9 Å². The van der Waals surface area contributed by atoms with Gasteiger partial charge in [0.2, 0.25) is 5.91 Å². The van der Waals surface area contributed by atoms with Crippen molar-refractivity contribution in [2.24, 2.45) is 0 Å². The van der Waals surface area contributed by atoms with Crippen LogP contribution in [0.15, 0.2) is 17.3 Å². The van der Waals surface area contributed by atoms with Crippen LogP contribution in [0.5, 0.6) is 0 Å². The third-order valence-corrected chi connectivity index (χ3v) is 2.84. The molecule has 1 amide bonds. The number of nitrogens with one attached hydrogen (secondary N) is 1. The molecule has 1 rings (SSSR count). The normalized spacial score (nSPS) is 11.9. The highest BCUT2D eigenvalue weighted by atomic mass is 32.2. The Morgan fingerprint density at radius 1 is 1.59 bits per heavy atom. The van der Waals surface area contributed by atoms with Crippen molar-refractivity contribution in [1.29, 1.82) is 0 Å². The van der Waals surface area contributed by atoms with Crippen LogP contribution < -0.4 is 5.32 Å². The molecule has 6 nitrogen and oxygen atoms in total. The number of hydrogen-bond acceptors (Lipinski definition) is 5. The van der Waals surface area contributed by atoms with Crippen LogP contribution in [-0.4, -0.2) is 39.0 Å². The van der Waals surface area contributed by atoms with Gasteiger partial charge >= 0.3 is 5.97 Å². The molecular weight excluding hydrogens is 242 g/mol. The summed E-state index contributed by atoms with van der Waals surface area (Å²) >= 11 is 1.24. The van der Waals surface area contributed by atoms with E-state index in [4.69, 9.17) is 5.11 Å². The molecule has 1 unspecified atom stereocenters. The fourth-order valence-corrected chi connectivity index (χ4v) is 2.03. The van der Waals surface area contributed by atoms with E-state index >= 15 is 0 Å². The van der Waals surface area contributed by atoms with Crippen molar-refractivity contribution >= 4 is 23.6 Å². The van der Waals surface area contributed by atoms with E-state index in [1.54, 1.807) is 6.20 Å². The fraction of sp³-hybridized carbons (Fsp3) is 0.400. The number of nitrogens with zero attached hydrogens (tertiary/aromatic N) is 2. The average Bonchev–Trinajstić information content (AvgIpc) is 2.23. The molecule has 0 aliphatic carbocycles. The van der Waals surface area contributed by atoms with E-state index in [1.165, 1.54) is 18.7 Å². The van der Waals surface area contributed by atoms with E-state index in [9.17, 15) is 9.59 Å². The predicted octanol–water partition coefficient (Wildman–Crippen LogP) is 0.466. The minimum Gasteiger partial charge on any atom is -0.480 e. The molecule has 17 heavy (non-hydrogen) atoms. The summed E-state index contributed by atoms with van der Waals surface area (Å²) in [5.74, 6) is -1.21. The molecule has 0 spiro atoms. The van der Waals surface area contributed by atoms with E-state index < -0.39 is 12.0 Å². The van der Waals surface area contributed by atoms with E-state index in [2.05, 4.69) is 15.5 Å². The van der Waals surface area contributed by atoms with Gasteiger partial charge in [-0.1, -0.05) is 0 Å². The number of carbonyl (C=O) groups is 2. The first kappa shape index (κ1) is 13.4. The molecule has 0 aliphatic heterocycles. The Morgan fingerprint density at radius 3 is 2.82 bits per heavy atom. The van der Waals surface area contributed by atoms with Crippen molar-refractivity contribution in [3.8, 4) is 0 Å². The Hall–Kier alpha value is -1.63. The maximum Gasteiger partial charge on any atom is 0.327 e. The monoisotopic (exact) mass is 255 g/mol. The first-order chi connectivity index (χ1) is 7.99. The zero-order valence-electron chi connectivity index (χ0n) is 9.51. The van der Waals surface area contributed by atoms with E-state index in [0.29, 0.717) is 5.03 Å².